The lowest BCUT2D eigenvalue weighted by Gasteiger charge is -2.37. The van der Waals surface area contributed by atoms with Crippen LogP contribution in [0.25, 0.3) is 10.8 Å². The summed E-state index contributed by atoms with van der Waals surface area (Å²) in [5.41, 5.74) is 0. The Morgan fingerprint density at radius 3 is 2.43 bits per heavy atom. The van der Waals surface area contributed by atoms with E-state index in [2.05, 4.69) is 0 Å². The Kier molecular flexibility index (Phi) is 5.16. The minimum atomic E-state index is -3.74. The molecule has 2 aromatic rings. The van der Waals surface area contributed by atoms with Gasteiger partial charge in [0.15, 0.2) is 0 Å². The van der Waals surface area contributed by atoms with Gasteiger partial charge in [0.25, 0.3) is 0 Å². The minimum Gasteiger partial charge on any atom is -0.372 e. The molecule has 2 saturated heterocycles. The molecule has 0 unspecified atom stereocenters. The Bertz CT molecular complexity index is 981. The smallest absolute Gasteiger partial charge is 0.243 e. The van der Waals surface area contributed by atoms with Crippen molar-refractivity contribution in [1.29, 1.82) is 0 Å². The van der Waals surface area contributed by atoms with E-state index in [0.29, 0.717) is 32.5 Å². The number of carbonyl (C=O) groups is 1. The van der Waals surface area contributed by atoms with Crippen LogP contribution in [0.5, 0.6) is 0 Å². The second-order valence-corrected chi connectivity index (χ2v) is 9.67. The summed E-state index contributed by atoms with van der Waals surface area (Å²) in [5.74, 6) is -0.108. The number of ether oxygens (including phenoxy) is 1. The predicted molar refractivity (Wildman–Crippen MR) is 107 cm³/mol. The van der Waals surface area contributed by atoms with E-state index in [1.807, 2.05) is 44.2 Å². The first-order chi connectivity index (χ1) is 13.4. The van der Waals surface area contributed by atoms with Gasteiger partial charge in [0.1, 0.15) is 6.04 Å². The molecule has 0 radical (unpaired) electrons. The molecule has 0 saturated carbocycles. The predicted octanol–water partition coefficient (Wildman–Crippen LogP) is 2.63. The van der Waals surface area contributed by atoms with E-state index in [1.54, 1.807) is 17.0 Å². The van der Waals surface area contributed by atoms with Gasteiger partial charge in [-0.15, -0.1) is 0 Å². The van der Waals surface area contributed by atoms with Gasteiger partial charge in [-0.1, -0.05) is 30.3 Å². The van der Waals surface area contributed by atoms with Crippen molar-refractivity contribution in [2.45, 2.75) is 49.8 Å². The number of benzene rings is 2. The van der Waals surface area contributed by atoms with Crippen molar-refractivity contribution in [2.24, 2.45) is 0 Å². The lowest BCUT2D eigenvalue weighted by Crippen LogP contribution is -2.54. The van der Waals surface area contributed by atoms with Gasteiger partial charge in [0, 0.05) is 19.6 Å². The lowest BCUT2D eigenvalue weighted by atomic mass is 10.1. The summed E-state index contributed by atoms with van der Waals surface area (Å²) in [4.78, 5) is 15.2. The molecule has 0 aromatic heterocycles. The van der Waals surface area contributed by atoms with Crippen LogP contribution < -0.4 is 0 Å². The molecule has 150 valence electrons. The molecule has 4 rings (SSSR count). The van der Waals surface area contributed by atoms with E-state index >= 15 is 0 Å². The first-order valence-corrected chi connectivity index (χ1v) is 11.2. The molecular formula is C21H26N2O4S. The number of morpholine rings is 1. The van der Waals surface area contributed by atoms with Gasteiger partial charge in [-0.2, -0.15) is 4.31 Å². The highest BCUT2D eigenvalue weighted by molar-refractivity contribution is 7.89. The molecule has 0 N–H and O–H groups in total. The van der Waals surface area contributed by atoms with Gasteiger partial charge < -0.3 is 9.64 Å². The van der Waals surface area contributed by atoms with Gasteiger partial charge in [-0.25, -0.2) is 8.42 Å². The van der Waals surface area contributed by atoms with Crippen molar-refractivity contribution in [1.82, 2.24) is 9.21 Å². The van der Waals surface area contributed by atoms with E-state index in [0.717, 1.165) is 10.8 Å². The first kappa shape index (κ1) is 19.4. The van der Waals surface area contributed by atoms with E-state index in [4.69, 9.17) is 4.74 Å². The zero-order valence-electron chi connectivity index (χ0n) is 16.2. The van der Waals surface area contributed by atoms with Crippen LogP contribution >= 0.6 is 0 Å². The van der Waals surface area contributed by atoms with E-state index in [1.165, 1.54) is 4.31 Å². The maximum atomic E-state index is 13.3. The third-order valence-corrected chi connectivity index (χ3v) is 7.45. The maximum Gasteiger partial charge on any atom is 0.243 e. The lowest BCUT2D eigenvalue weighted by molar-refractivity contribution is -0.146. The highest BCUT2D eigenvalue weighted by Crippen LogP contribution is 2.29. The summed E-state index contributed by atoms with van der Waals surface area (Å²) < 4.78 is 33.8. The average Bonchev–Trinajstić information content (AvgIpc) is 3.17. The normalized spacial score (nSPS) is 26.6. The van der Waals surface area contributed by atoms with Crippen LogP contribution in [-0.4, -0.2) is 61.4 Å². The van der Waals surface area contributed by atoms with Gasteiger partial charge in [-0.05, 0) is 49.6 Å². The Balaban J connectivity index is 1.61. The largest absolute Gasteiger partial charge is 0.372 e. The maximum absolute atomic E-state index is 13.3. The van der Waals surface area contributed by atoms with Crippen molar-refractivity contribution in [3.05, 3.63) is 42.5 Å². The zero-order valence-corrected chi connectivity index (χ0v) is 17.1. The van der Waals surface area contributed by atoms with E-state index < -0.39 is 16.1 Å². The monoisotopic (exact) mass is 402 g/mol. The highest BCUT2D eigenvalue weighted by Gasteiger charge is 2.42. The third kappa shape index (κ3) is 3.54. The van der Waals surface area contributed by atoms with Crippen molar-refractivity contribution in [2.75, 3.05) is 19.6 Å². The Labute approximate surface area is 166 Å². The van der Waals surface area contributed by atoms with Crippen LogP contribution in [-0.2, 0) is 19.6 Å². The quantitative estimate of drug-likeness (QED) is 0.792. The first-order valence-electron chi connectivity index (χ1n) is 9.81. The fraction of sp³-hybridized carbons (Fsp3) is 0.476. The van der Waals surface area contributed by atoms with Gasteiger partial charge in [0.05, 0.1) is 17.1 Å². The number of carbonyl (C=O) groups excluding carboxylic acids is 1. The number of amides is 1. The number of fused-ring (bicyclic) bond motifs is 1. The molecule has 2 heterocycles. The summed E-state index contributed by atoms with van der Waals surface area (Å²) in [6, 6.07) is 12.2. The summed E-state index contributed by atoms with van der Waals surface area (Å²) in [6.45, 7) is 5.26. The molecule has 0 bridgehead atoms. The number of hydrogen-bond acceptors (Lipinski definition) is 4. The SMILES string of the molecule is C[C@@H]1CN(C(=O)[C@@H]2CCCN2S(=O)(=O)c2ccc3ccccc3c2)C[C@@H](C)O1. The molecule has 7 heteroatoms. The molecule has 1 amide bonds. The van der Waals surface area contributed by atoms with E-state index in [9.17, 15) is 13.2 Å². The molecule has 2 fully saturated rings. The summed E-state index contributed by atoms with van der Waals surface area (Å²) in [6.07, 6.45) is 1.17. The number of sulfonamides is 1. The standard InChI is InChI=1S/C21H26N2O4S/c1-15-13-22(14-16(2)27-15)21(24)20-8-5-11-23(20)28(25,26)19-10-9-17-6-3-4-7-18(17)12-19/h3-4,6-7,9-10,12,15-16,20H,5,8,11,13-14H2,1-2H3/t15-,16-,20+/m1/s1. The van der Waals surface area contributed by atoms with Crippen molar-refractivity contribution >= 4 is 26.7 Å². The van der Waals surface area contributed by atoms with Crippen LogP contribution in [0.1, 0.15) is 26.7 Å². The minimum absolute atomic E-state index is 0.0420. The molecule has 0 spiro atoms. The van der Waals surface area contributed by atoms with Crippen molar-refractivity contribution in [3.63, 3.8) is 0 Å². The van der Waals surface area contributed by atoms with Crippen molar-refractivity contribution in [3.8, 4) is 0 Å². The Morgan fingerprint density at radius 1 is 1.04 bits per heavy atom. The van der Waals surface area contributed by atoms with Gasteiger partial charge in [-0.3, -0.25) is 4.79 Å². The van der Waals surface area contributed by atoms with Crippen LogP contribution in [0, 0.1) is 0 Å². The molecule has 3 atom stereocenters. The molecular weight excluding hydrogens is 376 g/mol. The molecule has 28 heavy (non-hydrogen) atoms. The third-order valence-electron chi connectivity index (χ3n) is 5.55. The van der Waals surface area contributed by atoms with E-state index in [-0.39, 0.29) is 23.0 Å². The number of hydrogen-bond donors (Lipinski definition) is 0. The molecule has 6 nitrogen and oxygen atoms in total. The topological polar surface area (TPSA) is 66.9 Å². The summed E-state index contributed by atoms with van der Waals surface area (Å²) in [5, 5.41) is 1.87. The number of rotatable bonds is 3. The Morgan fingerprint density at radius 2 is 1.71 bits per heavy atom. The highest BCUT2D eigenvalue weighted by atomic mass is 32.2. The van der Waals surface area contributed by atoms with Crippen LogP contribution in [0.3, 0.4) is 0 Å². The summed E-state index contributed by atoms with van der Waals surface area (Å²) >= 11 is 0. The molecule has 2 aliphatic rings. The Hall–Kier alpha value is -1.96. The van der Waals surface area contributed by atoms with Crippen LogP contribution in [0.15, 0.2) is 47.4 Å². The zero-order chi connectivity index (χ0) is 19.9. The summed E-state index contributed by atoms with van der Waals surface area (Å²) in [7, 11) is -3.74. The van der Waals surface area contributed by atoms with Crippen molar-refractivity contribution < 1.29 is 17.9 Å². The second-order valence-electron chi connectivity index (χ2n) is 7.78. The molecule has 0 aliphatic carbocycles. The molecule has 2 aliphatic heterocycles. The number of nitrogens with zero attached hydrogens (tertiary/aromatic N) is 2. The van der Waals surface area contributed by atoms with Gasteiger partial charge >= 0.3 is 0 Å². The average molecular weight is 403 g/mol. The van der Waals surface area contributed by atoms with Crippen LogP contribution in [0.4, 0.5) is 0 Å². The molecule has 2 aromatic carbocycles. The van der Waals surface area contributed by atoms with Gasteiger partial charge in [0.2, 0.25) is 15.9 Å². The second kappa shape index (κ2) is 7.46. The fourth-order valence-electron chi connectivity index (χ4n) is 4.31. The van der Waals surface area contributed by atoms with Crippen LogP contribution in [0.2, 0.25) is 0 Å². The fourth-order valence-corrected chi connectivity index (χ4v) is 5.99.